The predicted octanol–water partition coefficient (Wildman–Crippen LogP) is 1.83. The van der Waals surface area contributed by atoms with E-state index in [2.05, 4.69) is 20.4 Å². The number of hydrogen-bond acceptors (Lipinski definition) is 6. The van der Waals surface area contributed by atoms with Crippen molar-refractivity contribution in [3.8, 4) is 11.8 Å². The average Bonchev–Trinajstić information content (AvgIpc) is 3.30. The highest BCUT2D eigenvalue weighted by atomic mass is 19.4. The molecule has 10 heteroatoms. The van der Waals surface area contributed by atoms with Gasteiger partial charge in [-0.05, 0) is 41.5 Å². The second-order valence-electron chi connectivity index (χ2n) is 6.52. The first kappa shape index (κ1) is 16.9. The molecule has 2 fully saturated rings. The van der Waals surface area contributed by atoms with Crippen LogP contribution in [-0.4, -0.2) is 50.4 Å². The second-order valence-corrected chi connectivity index (χ2v) is 6.52. The molecule has 2 atom stereocenters. The number of alkyl halides is 3. The van der Waals surface area contributed by atoms with E-state index in [1.54, 1.807) is 6.07 Å². The summed E-state index contributed by atoms with van der Waals surface area (Å²) < 4.78 is 47.1. The van der Waals surface area contributed by atoms with E-state index in [1.807, 2.05) is 0 Å². The van der Waals surface area contributed by atoms with Gasteiger partial charge in [-0.2, -0.15) is 23.1 Å². The van der Waals surface area contributed by atoms with Crippen molar-refractivity contribution in [2.75, 3.05) is 13.2 Å². The summed E-state index contributed by atoms with van der Waals surface area (Å²) in [6, 6.07) is 4.50. The van der Waals surface area contributed by atoms with Gasteiger partial charge in [0.1, 0.15) is 0 Å². The Morgan fingerprint density at radius 1 is 1.38 bits per heavy atom. The van der Waals surface area contributed by atoms with E-state index in [4.69, 9.17) is 10.00 Å². The lowest BCUT2D eigenvalue weighted by molar-refractivity contribution is -0.138. The van der Waals surface area contributed by atoms with E-state index in [0.29, 0.717) is 19.0 Å². The van der Waals surface area contributed by atoms with Gasteiger partial charge in [-0.1, -0.05) is 0 Å². The number of nitrogens with zero attached hydrogens (tertiary/aromatic N) is 6. The number of tetrazole rings is 1. The molecule has 136 valence electrons. The highest BCUT2D eigenvalue weighted by Gasteiger charge is 2.40. The maximum Gasteiger partial charge on any atom is 0.418 e. The molecule has 2 bridgehead atoms. The van der Waals surface area contributed by atoms with E-state index < -0.39 is 17.3 Å². The Labute approximate surface area is 147 Å². The molecular formula is C16H15F3N6O. The Morgan fingerprint density at radius 3 is 2.81 bits per heavy atom. The first-order valence-electron chi connectivity index (χ1n) is 8.12. The minimum Gasteiger partial charge on any atom is -0.375 e. The number of aromatic nitrogens is 4. The number of hydrogen-bond donors (Lipinski definition) is 0. The molecule has 0 spiro atoms. The summed E-state index contributed by atoms with van der Waals surface area (Å²) in [5, 5.41) is 20.5. The number of morpholine rings is 1. The van der Waals surface area contributed by atoms with Crippen molar-refractivity contribution in [1.29, 1.82) is 5.26 Å². The fraction of sp³-hybridized carbons (Fsp3) is 0.500. The molecule has 0 saturated carbocycles. The monoisotopic (exact) mass is 364 g/mol. The minimum atomic E-state index is -4.63. The van der Waals surface area contributed by atoms with Crippen molar-refractivity contribution in [3.05, 3.63) is 34.6 Å². The van der Waals surface area contributed by atoms with Gasteiger partial charge in [0.15, 0.2) is 5.82 Å². The summed E-state index contributed by atoms with van der Waals surface area (Å²) in [5.41, 5.74) is -1.22. The summed E-state index contributed by atoms with van der Waals surface area (Å²) in [5.74, 6) is 0.457. The number of ether oxygens (including phenoxy) is 1. The molecule has 26 heavy (non-hydrogen) atoms. The number of halogens is 3. The van der Waals surface area contributed by atoms with Crippen LogP contribution in [0.4, 0.5) is 13.2 Å². The Hall–Kier alpha value is -2.51. The van der Waals surface area contributed by atoms with E-state index in [-0.39, 0.29) is 23.4 Å². The van der Waals surface area contributed by atoms with Crippen molar-refractivity contribution in [2.45, 2.75) is 38.2 Å². The molecule has 0 aliphatic carbocycles. The first-order chi connectivity index (χ1) is 12.4. The van der Waals surface area contributed by atoms with E-state index in [0.717, 1.165) is 19.0 Å². The average molecular weight is 364 g/mol. The van der Waals surface area contributed by atoms with Crippen LogP contribution < -0.4 is 0 Å². The maximum absolute atomic E-state index is 13.4. The number of rotatable bonds is 3. The fourth-order valence-corrected chi connectivity index (χ4v) is 3.73. The highest BCUT2D eigenvalue weighted by Crippen LogP contribution is 2.37. The standard InChI is InChI=1S/C16H15F3N6O/c1-9-13(3-2-10(5-20)15(9)16(17,18)19)25-14(21-22-23-25)7-24-6-12-4-11(24)8-26-12/h2-3,11-12H,4,6-8H2,1H3/t11-,12-/m0/s1. The Kier molecular flexibility index (Phi) is 3.93. The zero-order valence-corrected chi connectivity index (χ0v) is 13.9. The largest absolute Gasteiger partial charge is 0.418 e. The molecule has 0 radical (unpaired) electrons. The molecular weight excluding hydrogens is 349 g/mol. The van der Waals surface area contributed by atoms with Gasteiger partial charge in [-0.25, -0.2) is 0 Å². The fourth-order valence-electron chi connectivity index (χ4n) is 3.73. The van der Waals surface area contributed by atoms with Crippen LogP contribution in [0.5, 0.6) is 0 Å². The highest BCUT2D eigenvalue weighted by molar-refractivity contribution is 5.54. The zero-order chi connectivity index (χ0) is 18.5. The number of benzene rings is 1. The molecule has 4 rings (SSSR count). The lowest BCUT2D eigenvalue weighted by Gasteiger charge is -2.26. The van der Waals surface area contributed by atoms with Crippen LogP contribution in [0.2, 0.25) is 0 Å². The van der Waals surface area contributed by atoms with Gasteiger partial charge in [0.05, 0.1) is 42.1 Å². The van der Waals surface area contributed by atoms with Crippen molar-refractivity contribution < 1.29 is 17.9 Å². The van der Waals surface area contributed by atoms with Crippen LogP contribution in [0.3, 0.4) is 0 Å². The van der Waals surface area contributed by atoms with Gasteiger partial charge in [0.25, 0.3) is 0 Å². The summed E-state index contributed by atoms with van der Waals surface area (Å²) >= 11 is 0. The van der Waals surface area contributed by atoms with Crippen LogP contribution in [0.15, 0.2) is 12.1 Å². The van der Waals surface area contributed by atoms with Gasteiger partial charge in [-0.15, -0.1) is 5.10 Å². The van der Waals surface area contributed by atoms with Crippen LogP contribution >= 0.6 is 0 Å². The molecule has 2 saturated heterocycles. The number of fused-ring (bicyclic) bond motifs is 2. The van der Waals surface area contributed by atoms with Gasteiger partial charge in [-0.3, -0.25) is 4.90 Å². The third-order valence-corrected chi connectivity index (χ3v) is 4.96. The predicted molar refractivity (Wildman–Crippen MR) is 82.2 cm³/mol. The van der Waals surface area contributed by atoms with Gasteiger partial charge < -0.3 is 4.74 Å². The van der Waals surface area contributed by atoms with Gasteiger partial charge in [0, 0.05) is 12.6 Å². The quantitative estimate of drug-likeness (QED) is 0.827. The van der Waals surface area contributed by atoms with Gasteiger partial charge >= 0.3 is 6.18 Å². The first-order valence-corrected chi connectivity index (χ1v) is 8.12. The maximum atomic E-state index is 13.4. The molecule has 2 aromatic rings. The molecule has 2 aliphatic rings. The summed E-state index contributed by atoms with van der Waals surface area (Å²) in [6.07, 6.45) is -3.47. The van der Waals surface area contributed by atoms with Crippen LogP contribution in [-0.2, 0) is 17.5 Å². The Balaban J connectivity index is 1.71. The molecule has 1 aromatic heterocycles. The third kappa shape index (κ3) is 2.73. The van der Waals surface area contributed by atoms with Crippen molar-refractivity contribution in [2.24, 2.45) is 0 Å². The molecule has 7 nitrogen and oxygen atoms in total. The second kappa shape index (κ2) is 6.03. The molecule has 0 N–H and O–H groups in total. The smallest absolute Gasteiger partial charge is 0.375 e. The van der Waals surface area contributed by atoms with E-state index in [9.17, 15) is 13.2 Å². The molecule has 1 aromatic carbocycles. The zero-order valence-electron chi connectivity index (χ0n) is 13.9. The lowest BCUT2D eigenvalue weighted by atomic mass is 10.0. The number of nitriles is 1. The molecule has 2 aliphatic heterocycles. The van der Waals surface area contributed by atoms with Crippen molar-refractivity contribution >= 4 is 0 Å². The van der Waals surface area contributed by atoms with Crippen molar-refractivity contribution in [3.63, 3.8) is 0 Å². The van der Waals surface area contributed by atoms with E-state index >= 15 is 0 Å². The summed E-state index contributed by atoms with van der Waals surface area (Å²) in [7, 11) is 0. The Bertz CT molecular complexity index is 887. The van der Waals surface area contributed by atoms with Crippen molar-refractivity contribution in [1.82, 2.24) is 25.1 Å². The topological polar surface area (TPSA) is 79.9 Å². The van der Waals surface area contributed by atoms with Gasteiger partial charge in [0.2, 0.25) is 0 Å². The summed E-state index contributed by atoms with van der Waals surface area (Å²) in [6.45, 7) is 3.17. The molecule has 0 amide bonds. The van der Waals surface area contributed by atoms with Crippen LogP contribution in [0.1, 0.15) is 28.9 Å². The third-order valence-electron chi connectivity index (χ3n) is 4.96. The van der Waals surface area contributed by atoms with E-state index in [1.165, 1.54) is 17.7 Å². The molecule has 3 heterocycles. The van der Waals surface area contributed by atoms with Crippen LogP contribution in [0.25, 0.3) is 5.69 Å². The SMILES string of the molecule is Cc1c(-n2nnnc2CN2C[C@@H]3C[C@H]2CO3)ccc(C#N)c1C(F)(F)F. The lowest BCUT2D eigenvalue weighted by Crippen LogP contribution is -2.37. The molecule has 0 unspecified atom stereocenters. The van der Waals surface area contributed by atoms with Crippen LogP contribution in [0, 0.1) is 18.3 Å². The minimum absolute atomic E-state index is 0.0728. The normalized spacial score (nSPS) is 22.7. The summed E-state index contributed by atoms with van der Waals surface area (Å²) in [4.78, 5) is 2.18. The number of likely N-dealkylation sites (tertiary alicyclic amines) is 1. The Morgan fingerprint density at radius 2 is 2.19 bits per heavy atom.